The number of phenolic OH excluding ortho intramolecular Hbond substituents is 2. The maximum absolute atomic E-state index is 12.1. The van der Waals surface area contributed by atoms with Gasteiger partial charge in [0, 0.05) is 112 Å². The molecule has 668 valence electrons. The van der Waals surface area contributed by atoms with Gasteiger partial charge in [-0.15, -0.1) is 0 Å². The van der Waals surface area contributed by atoms with Crippen molar-refractivity contribution in [3.05, 3.63) is 332 Å². The largest absolute Gasteiger partial charge is 0.619 e. The van der Waals surface area contributed by atoms with Crippen LogP contribution in [-0.4, -0.2) is 143 Å². The van der Waals surface area contributed by atoms with Crippen LogP contribution in [-0.2, 0) is 45.5 Å². The average Bonchev–Trinajstić information content (AvgIpc) is 1.63. The molecule has 130 heavy (non-hydrogen) atoms. The Hall–Kier alpha value is -13.3. The van der Waals surface area contributed by atoms with Gasteiger partial charge in [-0.25, -0.2) is 19.7 Å². The molecule has 0 unspecified atom stereocenters. The summed E-state index contributed by atoms with van der Waals surface area (Å²) in [6.07, 6.45) is 17.7. The van der Waals surface area contributed by atoms with Gasteiger partial charge < -0.3 is 39.7 Å². The number of benzene rings is 8. The third-order valence-corrected chi connectivity index (χ3v) is 21.8. The normalized spacial score (nSPS) is 13.9. The molecule has 0 aliphatic carbocycles. The van der Waals surface area contributed by atoms with Crippen molar-refractivity contribution in [2.24, 2.45) is 9.98 Å². The molecule has 8 aromatic carbocycles. The van der Waals surface area contributed by atoms with E-state index in [2.05, 4.69) is 113 Å². The zero-order valence-corrected chi connectivity index (χ0v) is 79.0. The number of rotatable bonds is 16. The number of phenols is 2. The summed E-state index contributed by atoms with van der Waals surface area (Å²) in [6, 6.07) is 60.1. The molecule has 3 fully saturated rings. The zero-order valence-electron chi connectivity index (χ0n) is 71.2. The number of aromatic nitrogens is 2. The van der Waals surface area contributed by atoms with Crippen molar-refractivity contribution in [2.75, 3.05) is 43.0 Å². The molecular formula is C95H87Br2Cl3N13O14S3+. The number of nitroso groups, excluding NO2 is 1. The highest BCUT2D eigenvalue weighted by Crippen LogP contribution is 2.34. The third kappa shape index (κ3) is 30.7. The lowest BCUT2D eigenvalue weighted by Crippen LogP contribution is -2.51. The topological polar surface area (TPSA) is 346 Å². The number of piperazine rings is 1. The number of hydrogen-bond donors (Lipinski definition) is 6. The average molecular weight is 2000 g/mol. The number of fused-ring (bicyclic) bond motifs is 1. The second kappa shape index (κ2) is 48.2. The van der Waals surface area contributed by atoms with E-state index in [1.54, 1.807) is 127 Å². The molecule has 6 amide bonds. The second-order valence-corrected chi connectivity index (χ2v) is 34.6. The van der Waals surface area contributed by atoms with Crippen LogP contribution in [0, 0.1) is 30.9 Å². The fourth-order valence-corrected chi connectivity index (χ4v) is 14.8. The summed E-state index contributed by atoms with van der Waals surface area (Å²) in [5, 5.41) is 41.9. The number of thiazole rings is 1. The fraction of sp³-hybridized carbons (Fsp3) is 0.158. The van der Waals surface area contributed by atoms with Crippen LogP contribution >= 0.6 is 102 Å². The number of aryl methyl sites for hydroxylation is 3. The Bertz CT molecular complexity index is 6290. The Labute approximate surface area is 795 Å². The maximum Gasteiger partial charge on any atom is 0.331 e. The molecule has 27 nitrogen and oxygen atoms in total. The van der Waals surface area contributed by atoms with Gasteiger partial charge in [0.05, 0.1) is 26.6 Å². The third-order valence-electron chi connectivity index (χ3n) is 18.6. The van der Waals surface area contributed by atoms with E-state index < -0.39 is 22.6 Å². The number of nitrogens with one attached hydrogen (secondary N) is 4. The summed E-state index contributed by atoms with van der Waals surface area (Å²) < 4.78 is 15.4. The number of amides is 6. The van der Waals surface area contributed by atoms with Gasteiger partial charge in [0.25, 0.3) is 41.1 Å². The van der Waals surface area contributed by atoms with Crippen LogP contribution in [0.5, 0.6) is 17.2 Å². The first-order chi connectivity index (χ1) is 61.9. The number of furan rings is 1. The Morgan fingerprint density at radius 3 is 1.97 bits per heavy atom. The smallest absolute Gasteiger partial charge is 0.331 e. The first-order valence-corrected chi connectivity index (χ1v) is 43.9. The number of aliphatic imine (C=N–C) groups is 2. The minimum atomic E-state index is -0.992. The van der Waals surface area contributed by atoms with Gasteiger partial charge in [0.2, 0.25) is 5.69 Å². The summed E-state index contributed by atoms with van der Waals surface area (Å²) in [6.45, 7) is 19.9. The summed E-state index contributed by atoms with van der Waals surface area (Å²) in [5.41, 5.74) is 12.2. The van der Waals surface area contributed by atoms with E-state index in [0.717, 1.165) is 93.4 Å². The Morgan fingerprint density at radius 2 is 1.36 bits per heavy atom. The molecule has 0 bridgehead atoms. The molecule has 3 saturated heterocycles. The lowest BCUT2D eigenvalue weighted by molar-refractivity contribution is -0.428. The van der Waals surface area contributed by atoms with Crippen molar-refractivity contribution >= 4 is 236 Å². The number of para-hydroxylation sites is 1. The number of carbonyl (C=O) groups is 7. The van der Waals surface area contributed by atoms with Crippen molar-refractivity contribution in [1.29, 1.82) is 0 Å². The predicted octanol–water partition coefficient (Wildman–Crippen LogP) is 18.7. The number of ether oxygens (including phenoxy) is 1. The van der Waals surface area contributed by atoms with Gasteiger partial charge in [-0.1, -0.05) is 179 Å². The van der Waals surface area contributed by atoms with Crippen LogP contribution in [0.4, 0.5) is 34.3 Å². The number of alkyl halides is 2. The molecule has 4 aliphatic heterocycles. The molecule has 7 heterocycles. The number of esters is 1. The summed E-state index contributed by atoms with van der Waals surface area (Å²) in [4.78, 5) is 120. The molecule has 11 aromatic rings. The standard InChI is InChI=1S/C20H22N2O2.C16H12ClNO3S.C13H10Br2N2O.C13H16Cl2N3O2.C13H12N2OS.C11H9NO2.C9H6N2O3S/c1-20(2,3)16-10-11-19(23)18(14-16)21-12-6-8-15-7-5-9-17(13-15)22(4)24;1-10-8-11(6-7-12(10)17)21-15(19)9-18-13-4-2-3-5-14(13)22-16(18)20;1-8-2-3-12(16-6-8)17-7-9-4-10(14)5-11(15)13(9)18;1-16(20)10-2-4-11(5-3-10)17-6-8-18(9-7-17)13(19)12(14)15;1-9(7-10-5-3-2-4-6-10)8-11-12(16)15-13(17)14-11;1-8-2-4-9(5-3-8)12-10(13)6-7-11(12)14;12-7-6(4-5-2-1-3-14-5)8(13)11-9(15)10-7/h5-14,23H,4H2,1-3H3;2-8H,9H2,1H3;2-7,18H,1H3;2-5,12H,6-9H2,1H3;2-8H,1H3,(H2,14,15,16,17);2-7H,1H3;1-4H,(H2,10,11,12,13,15)/q;;;+1;;;/b8-6+,21-12?;;;;9-7+,11-8+;;. The molecule has 0 saturated carbocycles. The van der Waals surface area contributed by atoms with Gasteiger partial charge in [0.1, 0.15) is 53.2 Å². The van der Waals surface area contributed by atoms with Crippen molar-refractivity contribution in [2.45, 2.75) is 65.3 Å². The molecule has 6 N–H and O–H groups in total. The van der Waals surface area contributed by atoms with Crippen LogP contribution in [0.15, 0.2) is 282 Å². The molecular weight excluding hydrogens is 1910 g/mol. The van der Waals surface area contributed by atoms with E-state index in [4.69, 9.17) is 56.2 Å². The highest BCUT2D eigenvalue weighted by molar-refractivity contribution is 9.11. The van der Waals surface area contributed by atoms with E-state index in [-0.39, 0.29) is 62.6 Å². The highest BCUT2D eigenvalue weighted by Gasteiger charge is 2.29. The zero-order chi connectivity index (χ0) is 94.5. The number of nitrogens with zero attached hydrogens (tertiary/aromatic N) is 9. The van der Waals surface area contributed by atoms with E-state index in [9.17, 15) is 58.7 Å². The van der Waals surface area contributed by atoms with Gasteiger partial charge in [-0.2, -0.15) is 4.74 Å². The SMILES string of the molecule is C=[N+]([O-])c1cccc(/C=C/C=Nc2cc(C(C)(C)C)ccc2O)c1.CC(=C\c1ccccc1)/C=C1/NC(=S)NC1=O.C[N+](=O)c1ccc(N2CCN(C(=O)C(Cl)Cl)CC2)cc1.Cc1cc(OC(=O)Cn2c(=O)sc3ccccc32)ccc1Cl.Cc1ccc(N2C(=O)C=CC2=O)cc1.Cc1ccc(N=Cc2cc(Br)cc(Br)c2O)nc1.O=C1NC(=S)NC(=O)C1=Cc1ccco1. The van der Waals surface area contributed by atoms with Gasteiger partial charge in [-0.3, -0.25) is 59.1 Å². The number of carbonyl (C=O) groups excluding carboxylic acids is 7. The van der Waals surface area contributed by atoms with Crippen molar-refractivity contribution in [1.82, 2.24) is 35.7 Å². The number of anilines is 2. The van der Waals surface area contributed by atoms with Crippen LogP contribution < -0.4 is 40.7 Å². The summed E-state index contributed by atoms with van der Waals surface area (Å²) >= 11 is 34.4. The lowest BCUT2D eigenvalue weighted by atomic mass is 9.87. The molecule has 15 rings (SSSR count). The highest BCUT2D eigenvalue weighted by atomic mass is 79.9. The minimum absolute atomic E-state index is 0.00730. The van der Waals surface area contributed by atoms with Gasteiger partial charge >= 0.3 is 10.8 Å². The molecule has 35 heteroatoms. The first kappa shape index (κ1) is 100. The van der Waals surface area contributed by atoms with Crippen LogP contribution in [0.2, 0.25) is 5.02 Å². The Balaban J connectivity index is 0.000000172. The van der Waals surface area contributed by atoms with Gasteiger partial charge in [0.15, 0.2) is 27.9 Å². The quantitative estimate of drug-likeness (QED) is 0.00447. The van der Waals surface area contributed by atoms with Crippen molar-refractivity contribution < 1.29 is 62.4 Å². The van der Waals surface area contributed by atoms with Crippen LogP contribution in [0.3, 0.4) is 0 Å². The van der Waals surface area contributed by atoms with E-state index in [1.165, 1.54) is 36.1 Å². The number of pyridine rings is 1. The lowest BCUT2D eigenvalue weighted by Gasteiger charge is -2.36. The second-order valence-electron chi connectivity index (χ2n) is 29.5. The number of imide groups is 1. The molecule has 0 atom stereocenters. The van der Waals surface area contributed by atoms with Gasteiger partial charge in [-0.05, 0) is 222 Å². The Kier molecular flexibility index (Phi) is 37.2. The van der Waals surface area contributed by atoms with Crippen LogP contribution in [0.1, 0.15) is 72.4 Å². The molecule has 0 radical (unpaired) electrons. The number of hydrogen-bond acceptors (Lipinski definition) is 21. The number of aromatic hydroxyl groups is 2. The van der Waals surface area contributed by atoms with E-state index in [0.29, 0.717) is 83.8 Å². The van der Waals surface area contributed by atoms with Crippen molar-refractivity contribution in [3.63, 3.8) is 0 Å². The monoisotopic (exact) mass is 1990 g/mol. The van der Waals surface area contributed by atoms with E-state index >= 15 is 0 Å². The fourth-order valence-electron chi connectivity index (χ4n) is 11.9. The molecule has 0 spiro atoms. The number of thiocarbonyl (C=S) groups is 2. The first-order valence-electron chi connectivity index (χ1n) is 39.4. The number of allylic oxidation sites excluding steroid dienone is 3. The van der Waals surface area contributed by atoms with E-state index in [1.807, 2.05) is 149 Å². The van der Waals surface area contributed by atoms with Crippen LogP contribution in [0.25, 0.3) is 28.4 Å². The Morgan fingerprint density at radius 1 is 0.723 bits per heavy atom. The van der Waals surface area contributed by atoms with Crippen molar-refractivity contribution in [3.8, 4) is 17.2 Å². The number of halogens is 5. The minimum Gasteiger partial charge on any atom is -0.619 e. The molecule has 4 aliphatic rings. The summed E-state index contributed by atoms with van der Waals surface area (Å²) in [7, 11) is 1.47. The maximum atomic E-state index is 12.1. The molecule has 3 aromatic heterocycles. The summed E-state index contributed by atoms with van der Waals surface area (Å²) in [5.74, 6) is -0.765. The predicted molar refractivity (Wildman–Crippen MR) is 529 cm³/mol.